The molecular formula is C12H22N4O2. The normalized spacial score (nSPS) is 12.4. The average molecular weight is 254 g/mol. The van der Waals surface area contributed by atoms with Crippen molar-refractivity contribution >= 4 is 5.91 Å². The number of aliphatic hydroxyl groups is 1. The minimum atomic E-state index is -0.350. The molecule has 0 aromatic carbocycles. The Labute approximate surface area is 107 Å². The molecule has 6 heteroatoms. The number of unbranched alkanes of at least 4 members (excludes halogenated alkanes) is 1. The lowest BCUT2D eigenvalue weighted by molar-refractivity contribution is -0.124. The highest BCUT2D eigenvalue weighted by atomic mass is 16.2. The molecule has 1 atom stereocenters. The Kier molecular flexibility index (Phi) is 6.35. The molecule has 0 bridgehead atoms. The van der Waals surface area contributed by atoms with Crippen LogP contribution >= 0.6 is 0 Å². The van der Waals surface area contributed by atoms with E-state index < -0.39 is 0 Å². The summed E-state index contributed by atoms with van der Waals surface area (Å²) in [5, 5.41) is 19.5. The zero-order chi connectivity index (χ0) is 13.4. The topological polar surface area (TPSA) is 80.0 Å². The van der Waals surface area contributed by atoms with Crippen molar-refractivity contribution in [3.05, 3.63) is 11.9 Å². The SMILES string of the molecule is CCCCNC(=O)C(C)n1cc(CCCO)nn1. The summed E-state index contributed by atoms with van der Waals surface area (Å²) in [7, 11) is 0. The summed E-state index contributed by atoms with van der Waals surface area (Å²) in [6, 6.07) is -0.350. The largest absolute Gasteiger partial charge is 0.396 e. The quantitative estimate of drug-likeness (QED) is 0.669. The summed E-state index contributed by atoms with van der Waals surface area (Å²) in [5.74, 6) is -0.0398. The van der Waals surface area contributed by atoms with Crippen molar-refractivity contribution in [3.63, 3.8) is 0 Å². The number of hydrogen-bond donors (Lipinski definition) is 2. The highest BCUT2D eigenvalue weighted by molar-refractivity contribution is 5.79. The van der Waals surface area contributed by atoms with Crippen LogP contribution in [0.25, 0.3) is 0 Å². The van der Waals surface area contributed by atoms with E-state index in [1.807, 2.05) is 0 Å². The minimum absolute atomic E-state index is 0.0398. The Morgan fingerprint density at radius 2 is 2.33 bits per heavy atom. The highest BCUT2D eigenvalue weighted by Gasteiger charge is 2.15. The van der Waals surface area contributed by atoms with Gasteiger partial charge in [-0.3, -0.25) is 4.79 Å². The number of carbonyl (C=O) groups excluding carboxylic acids is 1. The summed E-state index contributed by atoms with van der Waals surface area (Å²) in [4.78, 5) is 11.8. The number of aromatic nitrogens is 3. The fraction of sp³-hybridized carbons (Fsp3) is 0.750. The zero-order valence-electron chi connectivity index (χ0n) is 11.1. The van der Waals surface area contributed by atoms with Gasteiger partial charge in [0.2, 0.25) is 5.91 Å². The molecule has 1 heterocycles. The van der Waals surface area contributed by atoms with Crippen molar-refractivity contribution in [1.29, 1.82) is 0 Å². The van der Waals surface area contributed by atoms with Gasteiger partial charge in [-0.1, -0.05) is 18.6 Å². The number of nitrogens with one attached hydrogen (secondary N) is 1. The monoisotopic (exact) mass is 254 g/mol. The van der Waals surface area contributed by atoms with E-state index >= 15 is 0 Å². The molecule has 1 aromatic rings. The number of aryl methyl sites for hydroxylation is 1. The second-order valence-corrected chi connectivity index (χ2v) is 4.34. The van der Waals surface area contributed by atoms with Gasteiger partial charge in [-0.15, -0.1) is 5.10 Å². The Morgan fingerprint density at radius 3 is 3.00 bits per heavy atom. The van der Waals surface area contributed by atoms with Gasteiger partial charge < -0.3 is 10.4 Å². The van der Waals surface area contributed by atoms with Crippen LogP contribution in [0.5, 0.6) is 0 Å². The summed E-state index contributed by atoms with van der Waals surface area (Å²) in [6.45, 7) is 4.72. The third-order valence-corrected chi connectivity index (χ3v) is 2.75. The maximum atomic E-state index is 11.8. The lowest BCUT2D eigenvalue weighted by Crippen LogP contribution is -2.31. The average Bonchev–Trinajstić information content (AvgIpc) is 2.84. The number of aliphatic hydroxyl groups excluding tert-OH is 1. The molecule has 1 rings (SSSR count). The number of rotatable bonds is 8. The maximum absolute atomic E-state index is 11.8. The number of carbonyl (C=O) groups is 1. The summed E-state index contributed by atoms with van der Waals surface area (Å²) in [5.41, 5.74) is 0.803. The molecule has 0 spiro atoms. The summed E-state index contributed by atoms with van der Waals surface area (Å²) in [6.07, 6.45) is 5.15. The van der Waals surface area contributed by atoms with E-state index in [4.69, 9.17) is 5.11 Å². The fourth-order valence-corrected chi connectivity index (χ4v) is 1.53. The van der Waals surface area contributed by atoms with Crippen molar-refractivity contribution in [2.75, 3.05) is 13.2 Å². The van der Waals surface area contributed by atoms with Crippen LogP contribution < -0.4 is 5.32 Å². The van der Waals surface area contributed by atoms with Crippen LogP contribution in [0.3, 0.4) is 0 Å². The van der Waals surface area contributed by atoms with Crippen LogP contribution in [0.2, 0.25) is 0 Å². The first-order valence-corrected chi connectivity index (χ1v) is 6.48. The second-order valence-electron chi connectivity index (χ2n) is 4.34. The van der Waals surface area contributed by atoms with Gasteiger partial charge in [-0.05, 0) is 26.2 Å². The van der Waals surface area contributed by atoms with Gasteiger partial charge in [0.1, 0.15) is 6.04 Å². The van der Waals surface area contributed by atoms with Crippen molar-refractivity contribution in [2.24, 2.45) is 0 Å². The molecule has 0 aliphatic heterocycles. The highest BCUT2D eigenvalue weighted by Crippen LogP contribution is 2.06. The van der Waals surface area contributed by atoms with E-state index in [1.54, 1.807) is 17.8 Å². The van der Waals surface area contributed by atoms with Crippen molar-refractivity contribution in [3.8, 4) is 0 Å². The Morgan fingerprint density at radius 1 is 1.56 bits per heavy atom. The first-order valence-electron chi connectivity index (χ1n) is 6.48. The number of amides is 1. The van der Waals surface area contributed by atoms with Gasteiger partial charge in [-0.2, -0.15) is 0 Å². The molecule has 0 aliphatic rings. The summed E-state index contributed by atoms with van der Waals surface area (Å²) < 4.78 is 1.56. The van der Waals surface area contributed by atoms with E-state index in [0.717, 1.165) is 18.5 Å². The molecule has 0 saturated carbocycles. The molecule has 2 N–H and O–H groups in total. The Hall–Kier alpha value is -1.43. The first kappa shape index (κ1) is 14.6. The van der Waals surface area contributed by atoms with Crippen LogP contribution in [-0.2, 0) is 11.2 Å². The van der Waals surface area contributed by atoms with Crippen molar-refractivity contribution in [1.82, 2.24) is 20.3 Å². The smallest absolute Gasteiger partial charge is 0.244 e. The van der Waals surface area contributed by atoms with E-state index in [2.05, 4.69) is 22.6 Å². The van der Waals surface area contributed by atoms with Crippen LogP contribution in [0, 0.1) is 0 Å². The first-order chi connectivity index (χ1) is 8.69. The van der Waals surface area contributed by atoms with Gasteiger partial charge in [0.25, 0.3) is 0 Å². The molecular weight excluding hydrogens is 232 g/mol. The number of nitrogens with zero attached hydrogens (tertiary/aromatic N) is 3. The summed E-state index contributed by atoms with van der Waals surface area (Å²) >= 11 is 0. The molecule has 0 radical (unpaired) electrons. The molecule has 1 amide bonds. The van der Waals surface area contributed by atoms with Gasteiger partial charge in [0, 0.05) is 19.3 Å². The predicted molar refractivity (Wildman–Crippen MR) is 68.1 cm³/mol. The Balaban J connectivity index is 2.47. The predicted octanol–water partition coefficient (Wildman–Crippen LogP) is 0.680. The maximum Gasteiger partial charge on any atom is 0.244 e. The fourth-order valence-electron chi connectivity index (χ4n) is 1.53. The standard InChI is InChI=1S/C12H22N4O2/c1-3-4-7-13-12(18)10(2)16-9-11(14-15-16)6-5-8-17/h9-10,17H,3-8H2,1-2H3,(H,13,18). The van der Waals surface area contributed by atoms with Gasteiger partial charge >= 0.3 is 0 Å². The molecule has 0 saturated heterocycles. The third kappa shape index (κ3) is 4.44. The van der Waals surface area contributed by atoms with Crippen LogP contribution in [0.1, 0.15) is 44.8 Å². The zero-order valence-corrected chi connectivity index (χ0v) is 11.1. The molecule has 18 heavy (non-hydrogen) atoms. The molecule has 102 valence electrons. The molecule has 0 fully saturated rings. The van der Waals surface area contributed by atoms with Gasteiger partial charge in [0.15, 0.2) is 0 Å². The van der Waals surface area contributed by atoms with Gasteiger partial charge in [-0.25, -0.2) is 4.68 Å². The Bertz CT molecular complexity index is 365. The van der Waals surface area contributed by atoms with E-state index in [-0.39, 0.29) is 18.6 Å². The minimum Gasteiger partial charge on any atom is -0.396 e. The molecule has 1 unspecified atom stereocenters. The van der Waals surface area contributed by atoms with Crippen LogP contribution in [0.4, 0.5) is 0 Å². The van der Waals surface area contributed by atoms with Crippen LogP contribution in [-0.4, -0.2) is 39.2 Å². The molecule has 0 aliphatic carbocycles. The number of hydrogen-bond acceptors (Lipinski definition) is 4. The molecule has 6 nitrogen and oxygen atoms in total. The van der Waals surface area contributed by atoms with Crippen LogP contribution in [0.15, 0.2) is 6.20 Å². The van der Waals surface area contributed by atoms with Crippen molar-refractivity contribution in [2.45, 2.75) is 45.6 Å². The van der Waals surface area contributed by atoms with Gasteiger partial charge in [0.05, 0.1) is 5.69 Å². The lowest BCUT2D eigenvalue weighted by atomic mass is 10.2. The van der Waals surface area contributed by atoms with E-state index in [9.17, 15) is 4.79 Å². The van der Waals surface area contributed by atoms with E-state index in [1.165, 1.54) is 0 Å². The van der Waals surface area contributed by atoms with E-state index in [0.29, 0.717) is 19.4 Å². The second kappa shape index (κ2) is 7.81. The van der Waals surface area contributed by atoms with Crippen molar-refractivity contribution < 1.29 is 9.90 Å². The molecule has 1 aromatic heterocycles. The third-order valence-electron chi connectivity index (χ3n) is 2.75. The lowest BCUT2D eigenvalue weighted by Gasteiger charge is -2.11.